The SMILES string of the molecule is COCCNCC(O)Cn1ccnc1C#N. The number of nitriles is 1. The number of aliphatic hydroxyl groups is 1. The average Bonchev–Trinajstić information content (AvgIpc) is 2.71. The number of aromatic nitrogens is 2. The largest absolute Gasteiger partial charge is 0.390 e. The van der Waals surface area contributed by atoms with Crippen molar-refractivity contribution in [3.63, 3.8) is 0 Å². The first-order valence-electron chi connectivity index (χ1n) is 5.07. The number of hydrogen-bond acceptors (Lipinski definition) is 5. The zero-order valence-electron chi connectivity index (χ0n) is 9.26. The van der Waals surface area contributed by atoms with Crippen LogP contribution in [0, 0.1) is 11.3 Å². The second kappa shape index (κ2) is 6.95. The van der Waals surface area contributed by atoms with Gasteiger partial charge in [-0.1, -0.05) is 0 Å². The van der Waals surface area contributed by atoms with Crippen molar-refractivity contribution in [3.8, 4) is 6.07 Å². The molecule has 1 atom stereocenters. The number of nitrogens with one attached hydrogen (secondary N) is 1. The van der Waals surface area contributed by atoms with E-state index in [1.165, 1.54) is 0 Å². The van der Waals surface area contributed by atoms with Gasteiger partial charge in [-0.15, -0.1) is 0 Å². The van der Waals surface area contributed by atoms with Crippen molar-refractivity contribution in [1.82, 2.24) is 14.9 Å². The number of aliphatic hydroxyl groups excluding tert-OH is 1. The number of ether oxygens (including phenoxy) is 1. The van der Waals surface area contributed by atoms with Gasteiger partial charge < -0.3 is 19.7 Å². The Kier molecular flexibility index (Phi) is 5.50. The smallest absolute Gasteiger partial charge is 0.212 e. The van der Waals surface area contributed by atoms with Crippen LogP contribution in [0.3, 0.4) is 0 Å². The van der Waals surface area contributed by atoms with Crippen LogP contribution in [0.1, 0.15) is 5.82 Å². The van der Waals surface area contributed by atoms with Gasteiger partial charge in [0, 0.05) is 32.6 Å². The van der Waals surface area contributed by atoms with E-state index in [2.05, 4.69) is 10.3 Å². The third-order valence-electron chi connectivity index (χ3n) is 2.09. The first-order chi connectivity index (χ1) is 7.77. The molecule has 1 aromatic rings. The Balaban J connectivity index is 2.29. The lowest BCUT2D eigenvalue weighted by Gasteiger charge is -2.12. The van der Waals surface area contributed by atoms with E-state index in [9.17, 15) is 5.11 Å². The molecule has 0 spiro atoms. The van der Waals surface area contributed by atoms with Crippen LogP contribution in [-0.4, -0.2) is 47.6 Å². The lowest BCUT2D eigenvalue weighted by Crippen LogP contribution is -2.32. The molecule has 0 aliphatic rings. The van der Waals surface area contributed by atoms with Gasteiger partial charge in [0.25, 0.3) is 0 Å². The quantitative estimate of drug-likeness (QED) is 0.601. The molecular weight excluding hydrogens is 208 g/mol. The maximum absolute atomic E-state index is 9.68. The topological polar surface area (TPSA) is 83.1 Å². The molecule has 2 N–H and O–H groups in total. The molecule has 6 nitrogen and oxygen atoms in total. The predicted molar refractivity (Wildman–Crippen MR) is 57.7 cm³/mol. The molecule has 0 aliphatic carbocycles. The molecule has 1 rings (SSSR count). The summed E-state index contributed by atoms with van der Waals surface area (Å²) in [5, 5.41) is 21.4. The summed E-state index contributed by atoms with van der Waals surface area (Å²) in [5.41, 5.74) is 0. The fourth-order valence-corrected chi connectivity index (χ4v) is 1.30. The number of imidazole rings is 1. The van der Waals surface area contributed by atoms with Crippen LogP contribution in [0.25, 0.3) is 0 Å². The molecule has 88 valence electrons. The molecule has 0 saturated carbocycles. The summed E-state index contributed by atoms with van der Waals surface area (Å²) in [6.07, 6.45) is 2.68. The standard InChI is InChI=1S/C10H16N4O2/c1-16-5-3-12-7-9(15)8-14-4-2-13-10(14)6-11/h2,4,9,12,15H,3,5,7-8H2,1H3. The van der Waals surface area contributed by atoms with Crippen molar-refractivity contribution in [1.29, 1.82) is 5.26 Å². The van der Waals surface area contributed by atoms with Gasteiger partial charge in [0.2, 0.25) is 5.82 Å². The molecule has 1 aromatic heterocycles. The monoisotopic (exact) mass is 224 g/mol. The highest BCUT2D eigenvalue weighted by Gasteiger charge is 2.07. The summed E-state index contributed by atoms with van der Waals surface area (Å²) in [4.78, 5) is 3.85. The second-order valence-electron chi connectivity index (χ2n) is 3.37. The molecule has 0 bridgehead atoms. The van der Waals surface area contributed by atoms with Crippen molar-refractivity contribution < 1.29 is 9.84 Å². The zero-order chi connectivity index (χ0) is 11.8. The fraction of sp³-hybridized carbons (Fsp3) is 0.600. The van der Waals surface area contributed by atoms with Gasteiger partial charge in [-0.3, -0.25) is 0 Å². The number of rotatable bonds is 7. The Morgan fingerprint density at radius 1 is 1.75 bits per heavy atom. The van der Waals surface area contributed by atoms with E-state index in [0.29, 0.717) is 32.1 Å². The van der Waals surface area contributed by atoms with Crippen LogP contribution in [0.2, 0.25) is 0 Å². The lowest BCUT2D eigenvalue weighted by atomic mass is 10.3. The van der Waals surface area contributed by atoms with Crippen molar-refractivity contribution >= 4 is 0 Å². The molecule has 0 radical (unpaired) electrons. The van der Waals surface area contributed by atoms with Crippen LogP contribution in [-0.2, 0) is 11.3 Å². The van der Waals surface area contributed by atoms with Gasteiger partial charge in [-0.25, -0.2) is 4.98 Å². The van der Waals surface area contributed by atoms with E-state index in [1.54, 1.807) is 24.1 Å². The molecule has 16 heavy (non-hydrogen) atoms. The van der Waals surface area contributed by atoms with Crippen LogP contribution in [0.4, 0.5) is 0 Å². The van der Waals surface area contributed by atoms with Gasteiger partial charge in [-0.2, -0.15) is 5.26 Å². The summed E-state index contributed by atoms with van der Waals surface area (Å²) in [6, 6.07) is 1.96. The van der Waals surface area contributed by atoms with Crippen molar-refractivity contribution in [2.75, 3.05) is 26.8 Å². The first-order valence-corrected chi connectivity index (χ1v) is 5.07. The minimum atomic E-state index is -0.543. The Morgan fingerprint density at radius 2 is 2.56 bits per heavy atom. The van der Waals surface area contributed by atoms with Gasteiger partial charge in [-0.05, 0) is 0 Å². The highest BCUT2D eigenvalue weighted by molar-refractivity contribution is 5.11. The first kappa shape index (κ1) is 12.6. The molecule has 0 fully saturated rings. The molecule has 0 aromatic carbocycles. The molecule has 0 aliphatic heterocycles. The highest BCUT2D eigenvalue weighted by atomic mass is 16.5. The summed E-state index contributed by atoms with van der Waals surface area (Å²) in [6.45, 7) is 2.14. The van der Waals surface area contributed by atoms with E-state index in [4.69, 9.17) is 10.00 Å². The summed E-state index contributed by atoms with van der Waals surface area (Å²) in [5.74, 6) is 0.316. The van der Waals surface area contributed by atoms with Crippen molar-refractivity contribution in [2.45, 2.75) is 12.6 Å². The Morgan fingerprint density at radius 3 is 3.25 bits per heavy atom. The molecule has 6 heteroatoms. The maximum Gasteiger partial charge on any atom is 0.212 e. The van der Waals surface area contributed by atoms with E-state index in [-0.39, 0.29) is 0 Å². The average molecular weight is 224 g/mol. The highest BCUT2D eigenvalue weighted by Crippen LogP contribution is 1.97. The van der Waals surface area contributed by atoms with Crippen molar-refractivity contribution in [3.05, 3.63) is 18.2 Å². The van der Waals surface area contributed by atoms with Gasteiger partial charge >= 0.3 is 0 Å². The van der Waals surface area contributed by atoms with Crippen LogP contribution >= 0.6 is 0 Å². The normalized spacial score (nSPS) is 12.3. The predicted octanol–water partition coefficient (Wildman–Crippen LogP) is -0.648. The number of hydrogen-bond donors (Lipinski definition) is 2. The van der Waals surface area contributed by atoms with E-state index in [0.717, 1.165) is 0 Å². The Bertz CT molecular complexity index is 345. The van der Waals surface area contributed by atoms with E-state index in [1.807, 2.05) is 6.07 Å². The van der Waals surface area contributed by atoms with E-state index >= 15 is 0 Å². The van der Waals surface area contributed by atoms with E-state index < -0.39 is 6.10 Å². The summed E-state index contributed by atoms with van der Waals surface area (Å²) in [7, 11) is 1.63. The lowest BCUT2D eigenvalue weighted by molar-refractivity contribution is 0.143. The minimum absolute atomic E-state index is 0.316. The molecule has 0 amide bonds. The molecule has 1 heterocycles. The van der Waals surface area contributed by atoms with Crippen LogP contribution in [0.15, 0.2) is 12.4 Å². The summed E-state index contributed by atoms with van der Waals surface area (Å²) < 4.78 is 6.49. The maximum atomic E-state index is 9.68. The molecule has 1 unspecified atom stereocenters. The van der Waals surface area contributed by atoms with Crippen molar-refractivity contribution in [2.24, 2.45) is 0 Å². The zero-order valence-corrected chi connectivity index (χ0v) is 9.26. The van der Waals surface area contributed by atoms with Gasteiger partial charge in [0.15, 0.2) is 0 Å². The third kappa shape index (κ3) is 3.98. The second-order valence-corrected chi connectivity index (χ2v) is 3.37. The van der Waals surface area contributed by atoms with Gasteiger partial charge in [0.1, 0.15) is 6.07 Å². The summed E-state index contributed by atoms with van der Waals surface area (Å²) >= 11 is 0. The third-order valence-corrected chi connectivity index (χ3v) is 2.09. The Hall–Kier alpha value is -1.42. The number of methoxy groups -OCH3 is 1. The minimum Gasteiger partial charge on any atom is -0.390 e. The Labute approximate surface area is 94.5 Å². The number of nitrogens with zero attached hydrogens (tertiary/aromatic N) is 3. The van der Waals surface area contributed by atoms with Crippen LogP contribution in [0.5, 0.6) is 0 Å². The van der Waals surface area contributed by atoms with Gasteiger partial charge in [0.05, 0.1) is 19.3 Å². The van der Waals surface area contributed by atoms with Crippen LogP contribution < -0.4 is 5.32 Å². The molecule has 0 saturated heterocycles. The fourth-order valence-electron chi connectivity index (χ4n) is 1.30. The molecular formula is C10H16N4O2.